The summed E-state index contributed by atoms with van der Waals surface area (Å²) in [6, 6.07) is 0. The molecule has 1 aliphatic rings. The number of esters is 2. The zero-order valence-electron chi connectivity index (χ0n) is 9.49. The Kier molecular flexibility index (Phi) is 4.12. The van der Waals surface area contributed by atoms with E-state index in [4.69, 9.17) is 9.47 Å². The number of rotatable bonds is 3. The Balaban J connectivity index is 2.51. The molecule has 4 nitrogen and oxygen atoms in total. The van der Waals surface area contributed by atoms with Crippen molar-refractivity contribution in [2.75, 3.05) is 0 Å². The molecule has 0 aromatic rings. The summed E-state index contributed by atoms with van der Waals surface area (Å²) in [4.78, 5) is 21.7. The lowest BCUT2D eigenvalue weighted by Gasteiger charge is -2.24. The van der Waals surface area contributed by atoms with Gasteiger partial charge >= 0.3 is 11.9 Å². The van der Waals surface area contributed by atoms with Gasteiger partial charge in [-0.25, -0.2) is 0 Å². The van der Waals surface area contributed by atoms with Crippen LogP contribution in [0.25, 0.3) is 0 Å². The fourth-order valence-electron chi connectivity index (χ4n) is 2.20. The van der Waals surface area contributed by atoms with Crippen LogP contribution in [0.2, 0.25) is 0 Å². The molecule has 0 aromatic carbocycles. The smallest absolute Gasteiger partial charge is 0.302 e. The van der Waals surface area contributed by atoms with Crippen LogP contribution in [0.1, 0.15) is 40.0 Å². The molecule has 0 saturated heterocycles. The van der Waals surface area contributed by atoms with Gasteiger partial charge < -0.3 is 9.47 Å². The van der Waals surface area contributed by atoms with Crippen molar-refractivity contribution < 1.29 is 19.1 Å². The monoisotopic (exact) mass is 214 g/mol. The van der Waals surface area contributed by atoms with Gasteiger partial charge in [0, 0.05) is 19.8 Å². The minimum Gasteiger partial charge on any atom is -0.462 e. The highest BCUT2D eigenvalue weighted by molar-refractivity contribution is 5.66. The van der Waals surface area contributed by atoms with Gasteiger partial charge in [-0.15, -0.1) is 0 Å². The standard InChI is InChI=1S/C11H18O4/c1-7(14-8(2)12)10-5-4-6-11(10)15-9(3)13/h7,10-11H,4-6H2,1-3H3/t7-,10-,11+/m1/s1. The Bertz CT molecular complexity index is 249. The van der Waals surface area contributed by atoms with E-state index < -0.39 is 0 Å². The molecular weight excluding hydrogens is 196 g/mol. The van der Waals surface area contributed by atoms with Crippen LogP contribution in [0.3, 0.4) is 0 Å². The maximum Gasteiger partial charge on any atom is 0.302 e. The maximum absolute atomic E-state index is 10.9. The highest BCUT2D eigenvalue weighted by atomic mass is 16.6. The van der Waals surface area contributed by atoms with E-state index in [9.17, 15) is 9.59 Å². The number of carbonyl (C=O) groups excluding carboxylic acids is 2. The third-order valence-corrected chi connectivity index (χ3v) is 2.78. The van der Waals surface area contributed by atoms with Crippen LogP contribution >= 0.6 is 0 Å². The van der Waals surface area contributed by atoms with E-state index >= 15 is 0 Å². The SMILES string of the molecule is CC(=O)O[C@H]1CCC[C@@H]1[C@@H](C)OC(C)=O. The molecule has 0 spiro atoms. The lowest BCUT2D eigenvalue weighted by atomic mass is 10.00. The second-order valence-electron chi connectivity index (χ2n) is 4.06. The van der Waals surface area contributed by atoms with E-state index in [-0.39, 0.29) is 30.1 Å². The predicted molar refractivity (Wildman–Crippen MR) is 54.1 cm³/mol. The van der Waals surface area contributed by atoms with Crippen LogP contribution in [0.15, 0.2) is 0 Å². The zero-order chi connectivity index (χ0) is 11.4. The average Bonchev–Trinajstić information content (AvgIpc) is 2.49. The second kappa shape index (κ2) is 5.14. The van der Waals surface area contributed by atoms with Crippen molar-refractivity contribution >= 4 is 11.9 Å². The van der Waals surface area contributed by atoms with Crippen LogP contribution < -0.4 is 0 Å². The number of ether oxygens (including phenoxy) is 2. The van der Waals surface area contributed by atoms with Crippen molar-refractivity contribution in [1.29, 1.82) is 0 Å². The van der Waals surface area contributed by atoms with Crippen LogP contribution in [0, 0.1) is 5.92 Å². The summed E-state index contributed by atoms with van der Waals surface area (Å²) in [7, 11) is 0. The largest absolute Gasteiger partial charge is 0.462 e. The molecule has 0 amide bonds. The molecule has 0 bridgehead atoms. The minimum absolute atomic E-state index is 0.0863. The molecule has 1 fully saturated rings. The molecule has 0 radical (unpaired) electrons. The highest BCUT2D eigenvalue weighted by Crippen LogP contribution is 2.32. The average molecular weight is 214 g/mol. The van der Waals surface area contributed by atoms with Gasteiger partial charge in [0.1, 0.15) is 12.2 Å². The fraction of sp³-hybridized carbons (Fsp3) is 0.818. The molecule has 0 unspecified atom stereocenters. The molecule has 86 valence electrons. The third kappa shape index (κ3) is 3.53. The molecule has 0 N–H and O–H groups in total. The van der Waals surface area contributed by atoms with Gasteiger partial charge in [-0.2, -0.15) is 0 Å². The molecule has 1 saturated carbocycles. The molecular formula is C11H18O4. The van der Waals surface area contributed by atoms with Crippen molar-refractivity contribution in [3.8, 4) is 0 Å². The van der Waals surface area contributed by atoms with Crippen LogP contribution in [0.4, 0.5) is 0 Å². The van der Waals surface area contributed by atoms with Gasteiger partial charge in [0.25, 0.3) is 0 Å². The summed E-state index contributed by atoms with van der Waals surface area (Å²) in [5.41, 5.74) is 0. The van der Waals surface area contributed by atoms with Gasteiger partial charge in [0.2, 0.25) is 0 Å². The molecule has 0 heterocycles. The Morgan fingerprint density at radius 3 is 2.40 bits per heavy atom. The Labute approximate surface area is 89.9 Å². The van der Waals surface area contributed by atoms with Crippen molar-refractivity contribution in [3.63, 3.8) is 0 Å². The molecule has 1 rings (SSSR count). The van der Waals surface area contributed by atoms with Gasteiger partial charge in [0.15, 0.2) is 0 Å². The minimum atomic E-state index is -0.282. The normalized spacial score (nSPS) is 27.1. The van der Waals surface area contributed by atoms with Gasteiger partial charge in [-0.05, 0) is 26.2 Å². The highest BCUT2D eigenvalue weighted by Gasteiger charge is 2.35. The quantitative estimate of drug-likeness (QED) is 0.670. The lowest BCUT2D eigenvalue weighted by molar-refractivity contribution is -0.156. The molecule has 0 aliphatic heterocycles. The van der Waals surface area contributed by atoms with E-state index in [1.807, 2.05) is 6.92 Å². The summed E-state index contributed by atoms with van der Waals surface area (Å²) in [5, 5.41) is 0. The Morgan fingerprint density at radius 1 is 1.20 bits per heavy atom. The van der Waals surface area contributed by atoms with Gasteiger partial charge in [0.05, 0.1) is 0 Å². The van der Waals surface area contributed by atoms with E-state index in [0.29, 0.717) is 0 Å². The lowest BCUT2D eigenvalue weighted by Crippen LogP contribution is -2.31. The molecule has 0 aromatic heterocycles. The van der Waals surface area contributed by atoms with E-state index in [2.05, 4.69) is 0 Å². The Hall–Kier alpha value is -1.06. The summed E-state index contributed by atoms with van der Waals surface area (Å²) in [6.07, 6.45) is 2.59. The first-order chi connectivity index (χ1) is 7.00. The number of carbonyl (C=O) groups is 2. The zero-order valence-corrected chi connectivity index (χ0v) is 9.49. The van der Waals surface area contributed by atoms with E-state index in [1.165, 1.54) is 13.8 Å². The fourth-order valence-corrected chi connectivity index (χ4v) is 2.20. The number of hydrogen-bond acceptors (Lipinski definition) is 4. The topological polar surface area (TPSA) is 52.6 Å². The molecule has 4 heteroatoms. The molecule has 3 atom stereocenters. The van der Waals surface area contributed by atoms with E-state index in [0.717, 1.165) is 19.3 Å². The summed E-state index contributed by atoms with van der Waals surface area (Å²) in [6.45, 7) is 4.66. The van der Waals surface area contributed by atoms with Gasteiger partial charge in [-0.3, -0.25) is 9.59 Å². The van der Waals surface area contributed by atoms with E-state index in [1.54, 1.807) is 0 Å². The summed E-state index contributed by atoms with van der Waals surface area (Å²) < 4.78 is 10.3. The molecule has 1 aliphatic carbocycles. The summed E-state index contributed by atoms with van der Waals surface area (Å²) in [5.74, 6) is -0.393. The van der Waals surface area contributed by atoms with Crippen LogP contribution in [-0.4, -0.2) is 24.1 Å². The first-order valence-corrected chi connectivity index (χ1v) is 5.35. The number of hydrogen-bond donors (Lipinski definition) is 0. The van der Waals surface area contributed by atoms with Gasteiger partial charge in [-0.1, -0.05) is 0 Å². The third-order valence-electron chi connectivity index (χ3n) is 2.78. The van der Waals surface area contributed by atoms with Crippen molar-refractivity contribution in [2.45, 2.75) is 52.2 Å². The Morgan fingerprint density at radius 2 is 1.87 bits per heavy atom. The predicted octanol–water partition coefficient (Wildman–Crippen LogP) is 1.67. The molecule has 15 heavy (non-hydrogen) atoms. The van der Waals surface area contributed by atoms with Crippen LogP contribution in [0.5, 0.6) is 0 Å². The summed E-state index contributed by atoms with van der Waals surface area (Å²) >= 11 is 0. The first kappa shape index (κ1) is 12.0. The van der Waals surface area contributed by atoms with Crippen molar-refractivity contribution in [1.82, 2.24) is 0 Å². The second-order valence-corrected chi connectivity index (χ2v) is 4.06. The van der Waals surface area contributed by atoms with Crippen molar-refractivity contribution in [3.05, 3.63) is 0 Å². The maximum atomic E-state index is 10.9. The first-order valence-electron chi connectivity index (χ1n) is 5.35. The van der Waals surface area contributed by atoms with Crippen LogP contribution in [-0.2, 0) is 19.1 Å². The van der Waals surface area contributed by atoms with Crippen molar-refractivity contribution in [2.24, 2.45) is 5.92 Å².